The van der Waals surface area contributed by atoms with Crippen molar-refractivity contribution in [1.82, 2.24) is 0 Å². The number of aliphatic hydroxyl groups excluding tert-OH is 14. The average molecular weight is 1960 g/mol. The zero-order valence-electron chi connectivity index (χ0n) is 42.5. The van der Waals surface area contributed by atoms with Crippen LogP contribution in [0.1, 0.15) is 19.3 Å². The Kier molecular flexibility index (Phi) is 28.1. The highest BCUT2D eigenvalue weighted by molar-refractivity contribution is 14.1. The Balaban J connectivity index is 1.02. The molecule has 0 spiro atoms. The lowest BCUT2D eigenvalue weighted by atomic mass is 9.85. The van der Waals surface area contributed by atoms with Crippen LogP contribution in [0.25, 0.3) is 0 Å². The molecule has 24 rings (SSSR count). The molecular weight excluding hydrogens is 1890 g/mol. The summed E-state index contributed by atoms with van der Waals surface area (Å²) >= 11 is 13.8. The Morgan fingerprint density at radius 3 is 0.716 bits per heavy atom. The maximum absolute atomic E-state index is 11.6. The highest BCUT2D eigenvalue weighted by Crippen LogP contribution is 2.40. The van der Waals surface area contributed by atoms with Crippen molar-refractivity contribution in [2.45, 2.75) is 228 Å². The molecule has 0 aliphatic carbocycles. The van der Waals surface area contributed by atoms with E-state index in [-0.39, 0.29) is 33.0 Å². The lowest BCUT2D eigenvalue weighted by Crippen LogP contribution is -2.68. The van der Waals surface area contributed by atoms with Gasteiger partial charge in [0, 0.05) is 36.9 Å². The molecule has 0 amide bonds. The maximum atomic E-state index is 11.6. The number of rotatable bonds is 7. The number of halogens is 7. The number of hydrogen-bond acceptors (Lipinski definition) is 28. The van der Waals surface area contributed by atoms with Crippen LogP contribution in [0.2, 0.25) is 0 Å². The van der Waals surface area contributed by atoms with Gasteiger partial charge in [0.2, 0.25) is 12.9 Å². The van der Waals surface area contributed by atoms with Crippen molar-refractivity contribution in [3.8, 4) is 0 Å². The van der Waals surface area contributed by atoms with E-state index in [0.717, 1.165) is 0 Å². The minimum atomic E-state index is -1.90. The Morgan fingerprint density at radius 2 is 0.469 bits per heavy atom. The maximum Gasteiger partial charge on any atom is 0.237 e. The first-order valence-electron chi connectivity index (χ1n) is 26.1. The minimum Gasteiger partial charge on any atom is -0.390 e. The van der Waals surface area contributed by atoms with Crippen molar-refractivity contribution < 1.29 is 138 Å². The molecule has 35 atom stereocenters. The Morgan fingerprint density at radius 1 is 0.259 bits per heavy atom. The molecule has 14 bridgehead atoms. The molecule has 24 aliphatic heterocycles. The molecule has 24 aliphatic rings. The van der Waals surface area contributed by atoms with E-state index in [2.05, 4.69) is 22.6 Å². The van der Waals surface area contributed by atoms with E-state index in [0.29, 0.717) is 17.3 Å². The van der Waals surface area contributed by atoms with Crippen LogP contribution in [-0.4, -0.2) is 311 Å². The number of hydrogen-bond donors (Lipinski definition) is 14. The molecule has 0 saturated carbocycles. The number of alkyl halides is 7. The van der Waals surface area contributed by atoms with Crippen LogP contribution in [0.15, 0.2) is 0 Å². The second kappa shape index (κ2) is 32.1. The van der Waals surface area contributed by atoms with Crippen LogP contribution in [-0.2, 0) is 66.3 Å². The molecule has 28 nitrogen and oxygen atoms in total. The zero-order chi connectivity index (χ0) is 58.9. The summed E-state index contributed by atoms with van der Waals surface area (Å²) < 4.78 is 86.2. The minimum absolute atomic E-state index is 0.0795. The largest absolute Gasteiger partial charge is 0.390 e. The predicted octanol–water partition coefficient (Wildman–Crippen LogP) is -3.55. The summed E-state index contributed by atoms with van der Waals surface area (Å²) in [6, 6.07) is 0. The van der Waals surface area contributed by atoms with E-state index < -0.39 is 215 Å². The third-order valence-electron chi connectivity index (χ3n) is 15.6. The molecule has 0 radical (unpaired) electrons. The van der Waals surface area contributed by atoms with E-state index >= 15 is 0 Å². The molecule has 24 fully saturated rings. The molecule has 0 aromatic heterocycles. The van der Waals surface area contributed by atoms with Gasteiger partial charge in [0.25, 0.3) is 0 Å². The Hall–Kier alpha value is 3.86. The zero-order valence-corrected chi connectivity index (χ0v) is 57.6. The number of aliphatic hydroxyl groups is 14. The first kappa shape index (κ1) is 70.7. The second-order valence-electron chi connectivity index (χ2n) is 20.8. The monoisotopic (exact) mass is 1960 g/mol. The molecule has 35 unspecified atom stereocenters. The van der Waals surface area contributed by atoms with Gasteiger partial charge in [-0.2, -0.15) is 4.74 Å². The Labute approximate surface area is 561 Å². The fraction of sp³-hybridized carbons (Fsp3) is 0.978. The highest BCUT2D eigenvalue weighted by Gasteiger charge is 2.58. The van der Waals surface area contributed by atoms with Crippen LogP contribution in [0, 0.1) is 12.5 Å². The van der Waals surface area contributed by atoms with Crippen molar-refractivity contribution in [1.29, 1.82) is 0 Å². The van der Waals surface area contributed by atoms with Gasteiger partial charge in [-0.25, -0.2) is 0 Å². The van der Waals surface area contributed by atoms with E-state index in [1.54, 1.807) is 0 Å². The van der Waals surface area contributed by atoms with Gasteiger partial charge >= 0.3 is 0 Å². The van der Waals surface area contributed by atoms with Crippen molar-refractivity contribution in [2.24, 2.45) is 5.92 Å². The first-order chi connectivity index (χ1) is 38.7. The molecule has 81 heavy (non-hydrogen) atoms. The predicted molar refractivity (Wildman–Crippen MR) is 329 cm³/mol. The lowest BCUT2D eigenvalue weighted by molar-refractivity contribution is -0.389. The van der Waals surface area contributed by atoms with Crippen LogP contribution >= 0.6 is 158 Å². The topological polar surface area (TPSA) is 412 Å². The van der Waals surface area contributed by atoms with Gasteiger partial charge in [-0.3, -0.25) is 0 Å². The molecule has 0 aromatic rings. The van der Waals surface area contributed by atoms with Crippen molar-refractivity contribution in [2.75, 3.05) is 31.0 Å². The van der Waals surface area contributed by atoms with E-state index in [1.807, 2.05) is 136 Å². The summed E-state index contributed by atoms with van der Waals surface area (Å²) in [6.07, 6.45) is -50.2. The molecule has 24 heterocycles. The molecule has 470 valence electrons. The van der Waals surface area contributed by atoms with Gasteiger partial charge in [-0.05, 0) is 12.8 Å². The normalized spacial score (nSPS) is 53.7. The lowest BCUT2D eigenvalue weighted by Gasteiger charge is -2.50. The summed E-state index contributed by atoms with van der Waals surface area (Å²) in [7, 11) is 0. The average Bonchev–Trinajstić information content (AvgIpc) is 3.56. The quantitative estimate of drug-likeness (QED) is 0.0667. The number of fused-ring (bicyclic) bond motifs is 1. The van der Waals surface area contributed by atoms with Crippen molar-refractivity contribution >= 4 is 158 Å². The first-order valence-corrected chi connectivity index (χ1v) is 36.8. The van der Waals surface area contributed by atoms with Crippen molar-refractivity contribution in [3.63, 3.8) is 0 Å². The molecule has 24 saturated heterocycles. The van der Waals surface area contributed by atoms with Gasteiger partial charge < -0.3 is 133 Å². The molecule has 35 heteroatoms. The number of ether oxygens (including phenoxy) is 14. The fourth-order valence-corrected chi connectivity index (χ4v) is 16.1. The smallest absolute Gasteiger partial charge is 0.237 e. The summed E-state index contributed by atoms with van der Waals surface area (Å²) in [5, 5.41) is 161. The van der Waals surface area contributed by atoms with Crippen LogP contribution in [0.3, 0.4) is 0 Å². The summed E-state index contributed by atoms with van der Waals surface area (Å²) in [4.78, 5) is 0. The summed E-state index contributed by atoms with van der Waals surface area (Å²) in [6.45, 7) is 1.38. The summed E-state index contributed by atoms with van der Waals surface area (Å²) in [5.74, 6) is -0.616. The fourth-order valence-electron chi connectivity index (χ4n) is 11.0. The van der Waals surface area contributed by atoms with E-state index in [1.165, 1.54) is 6.61 Å². The molecule has 0 aromatic carbocycles. The van der Waals surface area contributed by atoms with E-state index in [9.17, 15) is 71.5 Å². The third-order valence-corrected chi connectivity index (χ3v) is 21.7. The summed E-state index contributed by atoms with van der Waals surface area (Å²) in [5.41, 5.74) is 0. The SMILES string of the molecule is OC1C2OC(CI)C(CCC[CH+]OC3OC(CI)C(OC4OC(CI)C(OC5OC(CI)C(OC6OC(CI)C(OC7OC(CI)C(OC8OC(CI)C(O2)C(O)C8O)C(O)C7O)C(O)C6O)C(O)C5O)C(O)C4O)C(O)C3O)C1O. The molecular formula is C46H70I7O28+. The standard InChI is InChI=1S/C46H70I7O28/c47-5-13-12-3-1-2-4-68-40-28(62)21(55)34(14(6-48)70-40)77-42-30(64)23(57)36(16(8-50)72-42)79-44-32(66)25(59)38(18(10-52)74-44)81-46-33(67)26(60)39(19(11-53)75-46)80-45-31(65)24(58)37(17(9-51)73-45)78-43-29(63)22(56)35(15(7-49)71-43)76-41(69-13)27(61)20(12)54/h4,12-46,54-67H,1-3,5-11H2/q+1. The van der Waals surface area contributed by atoms with E-state index in [4.69, 9.17) is 66.3 Å². The van der Waals surface area contributed by atoms with Gasteiger partial charge in [-0.15, -0.1) is 0 Å². The van der Waals surface area contributed by atoms with Crippen molar-refractivity contribution in [3.05, 3.63) is 6.61 Å². The molecule has 14 N–H and O–H groups in total. The van der Waals surface area contributed by atoms with Crippen LogP contribution < -0.4 is 0 Å². The second-order valence-corrected chi connectivity index (χ2v) is 26.9. The Bertz CT molecular complexity index is 1920. The van der Waals surface area contributed by atoms with Gasteiger partial charge in [0.05, 0.1) is 48.8 Å². The van der Waals surface area contributed by atoms with Crippen LogP contribution in [0.4, 0.5) is 0 Å². The highest BCUT2D eigenvalue weighted by atomic mass is 127. The van der Waals surface area contributed by atoms with Crippen LogP contribution in [0.5, 0.6) is 0 Å². The van der Waals surface area contributed by atoms with Gasteiger partial charge in [0.1, 0.15) is 122 Å². The van der Waals surface area contributed by atoms with Gasteiger partial charge in [-0.1, -0.05) is 158 Å². The van der Waals surface area contributed by atoms with Gasteiger partial charge in [0.15, 0.2) is 37.7 Å². The third kappa shape index (κ3) is 15.6.